The molecule has 1 fully saturated rings. The molecule has 0 bridgehead atoms. The van der Waals surface area contributed by atoms with Gasteiger partial charge in [0.05, 0.1) is 10.6 Å². The summed E-state index contributed by atoms with van der Waals surface area (Å²) in [5.41, 5.74) is 1.07. The summed E-state index contributed by atoms with van der Waals surface area (Å²) in [6, 6.07) is 8.36. The molecule has 2 aromatic carbocycles. The minimum absolute atomic E-state index is 0.0303. The Morgan fingerprint density at radius 1 is 1.13 bits per heavy atom. The fourth-order valence-corrected chi connectivity index (χ4v) is 5.93. The molecule has 0 aliphatic carbocycles. The Morgan fingerprint density at radius 3 is 2.42 bits per heavy atom. The molecule has 5 nitrogen and oxygen atoms in total. The number of nitrogens with zero attached hydrogens (tertiary/aromatic N) is 1. The smallest absolute Gasteiger partial charge is 0.243 e. The second kappa shape index (κ2) is 10.1. The number of hydrogen-bond acceptors (Lipinski definition) is 4. The van der Waals surface area contributed by atoms with Gasteiger partial charge in [0.2, 0.25) is 15.9 Å². The summed E-state index contributed by atoms with van der Waals surface area (Å²) in [6.07, 6.45) is 2.70. The maximum atomic E-state index is 13.9. The second-order valence-corrected chi connectivity index (χ2v) is 10.8. The van der Waals surface area contributed by atoms with Gasteiger partial charge in [-0.15, -0.1) is 11.8 Å². The Kier molecular flexibility index (Phi) is 7.72. The van der Waals surface area contributed by atoms with Crippen molar-refractivity contribution in [3.63, 3.8) is 0 Å². The van der Waals surface area contributed by atoms with Crippen molar-refractivity contribution in [3.05, 3.63) is 59.2 Å². The van der Waals surface area contributed by atoms with Crippen molar-refractivity contribution in [2.24, 2.45) is 0 Å². The van der Waals surface area contributed by atoms with Gasteiger partial charge in [-0.25, -0.2) is 17.2 Å². The number of carbonyl (C=O) groups is 1. The number of anilines is 1. The van der Waals surface area contributed by atoms with Gasteiger partial charge in [-0.1, -0.05) is 18.6 Å². The van der Waals surface area contributed by atoms with E-state index in [9.17, 15) is 22.0 Å². The Bertz CT molecular complexity index is 1030. The number of thioether (sulfide) groups is 1. The maximum Gasteiger partial charge on any atom is 0.243 e. The van der Waals surface area contributed by atoms with Crippen LogP contribution in [-0.2, 0) is 14.8 Å². The first-order valence-corrected chi connectivity index (χ1v) is 12.6. The van der Waals surface area contributed by atoms with Crippen LogP contribution in [0.2, 0.25) is 0 Å². The summed E-state index contributed by atoms with van der Waals surface area (Å²) >= 11 is 1.10. The van der Waals surface area contributed by atoms with E-state index in [1.807, 2.05) is 0 Å². The molecule has 168 valence electrons. The van der Waals surface area contributed by atoms with Gasteiger partial charge in [0, 0.05) is 29.6 Å². The lowest BCUT2D eigenvalue weighted by Crippen LogP contribution is -2.35. The molecule has 2 aromatic rings. The van der Waals surface area contributed by atoms with E-state index >= 15 is 0 Å². The van der Waals surface area contributed by atoms with Crippen LogP contribution in [0.4, 0.5) is 14.5 Å². The van der Waals surface area contributed by atoms with E-state index in [-0.39, 0.29) is 22.1 Å². The van der Waals surface area contributed by atoms with Crippen LogP contribution in [0, 0.1) is 18.6 Å². The van der Waals surface area contributed by atoms with Crippen molar-refractivity contribution in [1.29, 1.82) is 0 Å². The van der Waals surface area contributed by atoms with Gasteiger partial charge in [0.1, 0.15) is 11.6 Å². The predicted molar refractivity (Wildman–Crippen MR) is 120 cm³/mol. The number of benzene rings is 2. The van der Waals surface area contributed by atoms with Crippen LogP contribution in [0.5, 0.6) is 0 Å². The highest BCUT2D eigenvalue weighted by Crippen LogP contribution is 2.32. The van der Waals surface area contributed by atoms with E-state index in [1.54, 1.807) is 26.0 Å². The summed E-state index contributed by atoms with van der Waals surface area (Å²) in [5.74, 6) is -1.69. The third-order valence-corrected chi connectivity index (χ3v) is 8.37. The molecule has 1 amide bonds. The summed E-state index contributed by atoms with van der Waals surface area (Å²) in [5, 5.41) is 2.17. The minimum atomic E-state index is -3.61. The molecule has 1 N–H and O–H groups in total. The maximum absolute atomic E-state index is 13.9. The number of rotatable bonds is 7. The van der Waals surface area contributed by atoms with E-state index in [1.165, 1.54) is 28.6 Å². The molecule has 1 unspecified atom stereocenters. The second-order valence-electron chi connectivity index (χ2n) is 7.58. The molecule has 0 saturated carbocycles. The fourth-order valence-electron chi connectivity index (χ4n) is 3.52. The third kappa shape index (κ3) is 5.64. The van der Waals surface area contributed by atoms with E-state index in [0.29, 0.717) is 18.8 Å². The first kappa shape index (κ1) is 23.7. The van der Waals surface area contributed by atoms with Crippen molar-refractivity contribution >= 4 is 33.4 Å². The van der Waals surface area contributed by atoms with Crippen LogP contribution in [0.15, 0.2) is 41.3 Å². The van der Waals surface area contributed by atoms with Crippen LogP contribution in [0.3, 0.4) is 0 Å². The normalized spacial score (nSPS) is 16.1. The number of aryl methyl sites for hydroxylation is 1. The topological polar surface area (TPSA) is 66.5 Å². The van der Waals surface area contributed by atoms with Gasteiger partial charge < -0.3 is 5.32 Å². The SMILES string of the molecule is Cc1ccc(S(=O)(=O)N2CCCCC2)cc1NC(=O)CSC(C)c1c(F)cccc1F. The number of amides is 1. The molecular formula is C22H26F2N2O3S2. The van der Waals surface area contributed by atoms with Gasteiger partial charge in [0.15, 0.2) is 0 Å². The number of halogens is 2. The monoisotopic (exact) mass is 468 g/mol. The highest BCUT2D eigenvalue weighted by molar-refractivity contribution is 8.00. The molecule has 1 aliphatic heterocycles. The number of piperidine rings is 1. The lowest BCUT2D eigenvalue weighted by Gasteiger charge is -2.26. The molecule has 9 heteroatoms. The highest BCUT2D eigenvalue weighted by Gasteiger charge is 2.26. The lowest BCUT2D eigenvalue weighted by atomic mass is 10.1. The first-order chi connectivity index (χ1) is 14.7. The van der Waals surface area contributed by atoms with Crippen molar-refractivity contribution in [2.45, 2.75) is 43.3 Å². The van der Waals surface area contributed by atoms with Crippen molar-refractivity contribution in [3.8, 4) is 0 Å². The molecule has 0 aromatic heterocycles. The van der Waals surface area contributed by atoms with Crippen LogP contribution in [0.25, 0.3) is 0 Å². The Hall–Kier alpha value is -1.97. The molecule has 1 heterocycles. The van der Waals surface area contributed by atoms with Crippen molar-refractivity contribution in [1.82, 2.24) is 4.31 Å². The van der Waals surface area contributed by atoms with Crippen LogP contribution >= 0.6 is 11.8 Å². The summed E-state index contributed by atoms with van der Waals surface area (Å²) in [6.45, 7) is 4.41. The Morgan fingerprint density at radius 2 is 1.77 bits per heavy atom. The quantitative estimate of drug-likeness (QED) is 0.629. The first-order valence-electron chi connectivity index (χ1n) is 10.2. The average Bonchev–Trinajstić information content (AvgIpc) is 2.74. The Balaban J connectivity index is 1.68. The zero-order valence-electron chi connectivity index (χ0n) is 17.5. The van der Waals surface area contributed by atoms with Crippen molar-refractivity contribution < 1.29 is 22.0 Å². The molecule has 0 spiro atoms. The van der Waals surface area contributed by atoms with E-state index in [4.69, 9.17) is 0 Å². The number of sulfonamides is 1. The lowest BCUT2D eigenvalue weighted by molar-refractivity contribution is -0.113. The molecule has 31 heavy (non-hydrogen) atoms. The van der Waals surface area contributed by atoms with Crippen LogP contribution in [0.1, 0.15) is 42.6 Å². The molecule has 1 aliphatic rings. The van der Waals surface area contributed by atoms with Gasteiger partial charge in [-0.05, 0) is 56.5 Å². The van der Waals surface area contributed by atoms with Gasteiger partial charge in [-0.2, -0.15) is 4.31 Å². The van der Waals surface area contributed by atoms with Crippen LogP contribution in [-0.4, -0.2) is 37.5 Å². The number of nitrogens with one attached hydrogen (secondary N) is 1. The third-order valence-electron chi connectivity index (χ3n) is 5.31. The molecular weight excluding hydrogens is 442 g/mol. The van der Waals surface area contributed by atoms with E-state index in [2.05, 4.69) is 5.32 Å². The fraction of sp³-hybridized carbons (Fsp3) is 0.409. The van der Waals surface area contributed by atoms with Gasteiger partial charge in [0.25, 0.3) is 0 Å². The van der Waals surface area contributed by atoms with Crippen LogP contribution < -0.4 is 5.32 Å². The average molecular weight is 469 g/mol. The summed E-state index contributed by atoms with van der Waals surface area (Å²) in [4.78, 5) is 12.6. The van der Waals surface area contributed by atoms with Gasteiger partial charge >= 0.3 is 0 Å². The predicted octanol–water partition coefficient (Wildman–Crippen LogP) is 4.88. The zero-order chi connectivity index (χ0) is 22.6. The number of carbonyl (C=O) groups excluding carboxylic acids is 1. The van der Waals surface area contributed by atoms with E-state index in [0.717, 1.165) is 36.6 Å². The van der Waals surface area contributed by atoms with Gasteiger partial charge in [-0.3, -0.25) is 4.79 Å². The van der Waals surface area contributed by atoms with Crippen molar-refractivity contribution in [2.75, 3.05) is 24.2 Å². The minimum Gasteiger partial charge on any atom is -0.325 e. The standard InChI is InChI=1S/C22H26F2N2O3S2/c1-15-9-10-17(31(28,29)26-11-4-3-5-12-26)13-20(15)25-21(27)14-30-16(2)22-18(23)7-6-8-19(22)24/h6-10,13,16H,3-5,11-12,14H2,1-2H3,(H,25,27). The van der Waals surface area contributed by atoms with E-state index < -0.39 is 26.9 Å². The molecule has 1 atom stereocenters. The molecule has 1 saturated heterocycles. The largest absolute Gasteiger partial charge is 0.325 e. The molecule has 0 radical (unpaired) electrons. The summed E-state index contributed by atoms with van der Waals surface area (Å²) < 4.78 is 55.1. The summed E-state index contributed by atoms with van der Waals surface area (Å²) in [7, 11) is -3.61. The Labute approximate surface area is 186 Å². The highest BCUT2D eigenvalue weighted by atomic mass is 32.2. The number of hydrogen-bond donors (Lipinski definition) is 1. The molecule has 3 rings (SSSR count). The zero-order valence-corrected chi connectivity index (χ0v) is 19.2.